The number of nitrogens with zero attached hydrogens (tertiary/aromatic N) is 6. The lowest BCUT2D eigenvalue weighted by atomic mass is 9.72. The highest BCUT2D eigenvalue weighted by atomic mass is 35.5. The first kappa shape index (κ1) is 39.1. The molecule has 2 aliphatic rings. The number of benzene rings is 1. The van der Waals surface area contributed by atoms with E-state index in [4.69, 9.17) is 15.2 Å². The lowest BCUT2D eigenvalue weighted by Gasteiger charge is -2.34. The summed E-state index contributed by atoms with van der Waals surface area (Å²) in [7, 11) is 5.25. The van der Waals surface area contributed by atoms with Crippen LogP contribution < -0.4 is 38.4 Å². The number of carbonyl (C=O) groups is 3. The topological polar surface area (TPSA) is 220 Å². The number of carbonyl (C=O) groups excluding carboxylic acids is 3. The van der Waals surface area contributed by atoms with Gasteiger partial charge in [0.2, 0.25) is 17.7 Å². The van der Waals surface area contributed by atoms with Gasteiger partial charge in [0.05, 0.1) is 37.5 Å². The van der Waals surface area contributed by atoms with Crippen LogP contribution in [0.4, 0.5) is 5.82 Å². The van der Waals surface area contributed by atoms with Crippen molar-refractivity contribution in [1.29, 1.82) is 0 Å². The number of methoxy groups -OCH3 is 1. The number of hydrogen-bond acceptors (Lipinski definition) is 13. The van der Waals surface area contributed by atoms with Crippen molar-refractivity contribution < 1.29 is 47.9 Å². The summed E-state index contributed by atoms with van der Waals surface area (Å²) in [4.78, 5) is 54.6. The average Bonchev–Trinajstić information content (AvgIpc) is 3.69. The second kappa shape index (κ2) is 17.0. The van der Waals surface area contributed by atoms with Crippen LogP contribution in [0.5, 0.6) is 5.75 Å². The number of nitrogens with two attached hydrogens (primary N) is 1. The lowest BCUT2D eigenvalue weighted by Crippen LogP contribution is -3.00. The number of halogens is 1. The zero-order valence-electron chi connectivity index (χ0n) is 29.8. The largest absolute Gasteiger partial charge is 1.00 e. The highest BCUT2D eigenvalue weighted by Gasteiger charge is 2.46. The summed E-state index contributed by atoms with van der Waals surface area (Å²) in [5.41, 5.74) is 8.36. The van der Waals surface area contributed by atoms with Crippen molar-refractivity contribution in [3.8, 4) is 5.75 Å². The van der Waals surface area contributed by atoms with E-state index in [0.29, 0.717) is 48.4 Å². The van der Waals surface area contributed by atoms with Gasteiger partial charge in [-0.3, -0.25) is 29.3 Å². The fourth-order valence-corrected chi connectivity index (χ4v) is 6.28. The van der Waals surface area contributed by atoms with Gasteiger partial charge in [-0.25, -0.2) is 15.0 Å². The molecule has 0 spiro atoms. The van der Waals surface area contributed by atoms with Gasteiger partial charge in [0.25, 0.3) is 0 Å². The molecule has 0 radical (unpaired) electrons. The first-order valence-electron chi connectivity index (χ1n) is 16.3. The van der Waals surface area contributed by atoms with Crippen molar-refractivity contribution in [2.75, 3.05) is 32.7 Å². The van der Waals surface area contributed by atoms with Gasteiger partial charge in [0, 0.05) is 32.9 Å². The first-order chi connectivity index (χ1) is 24.0. The van der Waals surface area contributed by atoms with Gasteiger partial charge < -0.3 is 48.0 Å². The quantitative estimate of drug-likeness (QED) is 0.107. The molecule has 2 aliphatic heterocycles. The van der Waals surface area contributed by atoms with E-state index in [9.17, 15) is 24.6 Å². The number of rotatable bonds is 10. The molecule has 3 amide bonds. The Hall–Kier alpha value is -4.74. The minimum atomic E-state index is -1.18. The number of imide groups is 1. The maximum atomic E-state index is 12.8. The fraction of sp³-hybridized carbons (Fsp3) is 0.441. The van der Waals surface area contributed by atoms with Gasteiger partial charge in [-0.1, -0.05) is 19.1 Å². The second-order valence-corrected chi connectivity index (χ2v) is 12.4. The van der Waals surface area contributed by atoms with Crippen LogP contribution in [0.3, 0.4) is 0 Å². The molecule has 16 nitrogen and oxygen atoms in total. The smallest absolute Gasteiger partial charge is 1.00 e. The minimum absolute atomic E-state index is 0. The van der Waals surface area contributed by atoms with Crippen LogP contribution >= 0.6 is 0 Å². The molecule has 3 aromatic heterocycles. The third kappa shape index (κ3) is 8.26. The number of imidazole rings is 1. The van der Waals surface area contributed by atoms with Gasteiger partial charge in [-0.2, -0.15) is 0 Å². The SMILES string of the molecule is CCC1(c2ccncc2)CCC(=O)NC1=O.COc1ccc(C[C@H](N)C(=O)N[C@H]2[C@@H](O)[C@H](n3cnc4c(N(C)C)ncnc43)O[C@@H]2CO)cc1.[Cl-].[H+]. The van der Waals surface area contributed by atoms with E-state index in [1.807, 2.05) is 45.3 Å². The van der Waals surface area contributed by atoms with Gasteiger partial charge in [-0.15, -0.1) is 0 Å². The molecule has 0 bridgehead atoms. The standard InChI is InChI=1S/C22H29N7O5.C12H14N2O2.ClH/c1-28(2)19-17-20(25-10-24-19)29(11-26-17)22-18(31)16(15(9-30)34-22)27-21(32)14(23)8-12-4-6-13(33-3)7-5-12;1-2-12(9-4-7-13-8-5-9)6-3-10(15)14-11(12)16;/h4-7,10-11,14-16,18,22,30-31H,8-9,23H2,1-3H3,(H,27,32);4-5,7-8H,2-3,6H2,1H3,(H,14,15,16);1H/t14-,15+,16+,18+,22+;;/m0../s1. The molecule has 6 N–H and O–H groups in total. The van der Waals surface area contributed by atoms with E-state index < -0.39 is 48.4 Å². The normalized spacial score (nSPS) is 23.4. The van der Waals surface area contributed by atoms with Gasteiger partial charge in [0.15, 0.2) is 23.2 Å². The Balaban J connectivity index is 0.000000341. The van der Waals surface area contributed by atoms with Crippen LogP contribution in [-0.4, -0.2) is 105 Å². The van der Waals surface area contributed by atoms with Crippen molar-refractivity contribution in [2.24, 2.45) is 5.73 Å². The highest BCUT2D eigenvalue weighted by Crippen LogP contribution is 2.35. The molecule has 6 atom stereocenters. The molecule has 17 heteroatoms. The van der Waals surface area contributed by atoms with Crippen molar-refractivity contribution in [3.05, 3.63) is 72.6 Å². The fourth-order valence-electron chi connectivity index (χ4n) is 6.28. The molecular formula is C34H44ClN9O7. The highest BCUT2D eigenvalue weighted by molar-refractivity contribution is 6.03. The molecule has 274 valence electrons. The van der Waals surface area contributed by atoms with Crippen LogP contribution in [0.1, 0.15) is 45.0 Å². The Morgan fingerprint density at radius 2 is 1.90 bits per heavy atom. The van der Waals surface area contributed by atoms with Crippen LogP contribution in [-0.2, 0) is 31.0 Å². The summed E-state index contributed by atoms with van der Waals surface area (Å²) in [6.07, 6.45) is 5.28. The maximum Gasteiger partial charge on any atom is 1.00 e. The molecule has 51 heavy (non-hydrogen) atoms. The van der Waals surface area contributed by atoms with E-state index in [-0.39, 0.29) is 25.6 Å². The van der Waals surface area contributed by atoms with Crippen LogP contribution in [0, 0.1) is 0 Å². The van der Waals surface area contributed by atoms with Crippen LogP contribution in [0.15, 0.2) is 61.4 Å². The number of aliphatic hydroxyl groups is 2. The zero-order chi connectivity index (χ0) is 36.0. The predicted molar refractivity (Wildman–Crippen MR) is 183 cm³/mol. The van der Waals surface area contributed by atoms with Gasteiger partial charge in [0.1, 0.15) is 24.3 Å². The zero-order valence-corrected chi connectivity index (χ0v) is 29.5. The summed E-state index contributed by atoms with van der Waals surface area (Å²) in [6.45, 7) is 1.56. The molecule has 2 fully saturated rings. The van der Waals surface area contributed by atoms with Crippen molar-refractivity contribution in [3.63, 3.8) is 0 Å². The number of pyridine rings is 1. The molecular weight excluding hydrogens is 682 g/mol. The molecule has 4 aromatic rings. The number of aromatic nitrogens is 5. The summed E-state index contributed by atoms with van der Waals surface area (Å²) >= 11 is 0. The second-order valence-electron chi connectivity index (χ2n) is 12.4. The summed E-state index contributed by atoms with van der Waals surface area (Å²) in [6, 6.07) is 9.21. The van der Waals surface area contributed by atoms with Crippen LogP contribution in [0.25, 0.3) is 11.2 Å². The predicted octanol–water partition coefficient (Wildman–Crippen LogP) is -2.51. The number of nitrogens with one attached hydrogen (secondary N) is 2. The van der Waals surface area contributed by atoms with E-state index in [0.717, 1.165) is 11.1 Å². The molecule has 2 saturated heterocycles. The number of hydrogen-bond donors (Lipinski definition) is 5. The van der Waals surface area contributed by atoms with Gasteiger partial charge >= 0.3 is 1.43 Å². The van der Waals surface area contributed by atoms with E-state index in [1.54, 1.807) is 41.1 Å². The number of amides is 3. The Labute approximate surface area is 302 Å². The Morgan fingerprint density at radius 1 is 1.20 bits per heavy atom. The lowest BCUT2D eigenvalue weighted by molar-refractivity contribution is -0.138. The Bertz CT molecular complexity index is 1800. The number of anilines is 1. The molecule has 1 unspecified atom stereocenters. The monoisotopic (exact) mass is 725 g/mol. The Morgan fingerprint density at radius 3 is 2.51 bits per heavy atom. The molecule has 6 rings (SSSR count). The third-order valence-electron chi connectivity index (χ3n) is 9.16. The number of ether oxygens (including phenoxy) is 2. The molecule has 1 aromatic carbocycles. The number of aliphatic hydroxyl groups excluding tert-OH is 2. The maximum absolute atomic E-state index is 12.8. The van der Waals surface area contributed by atoms with Crippen molar-refractivity contribution in [1.82, 2.24) is 35.1 Å². The average molecular weight is 726 g/mol. The van der Waals surface area contributed by atoms with E-state index in [2.05, 4.69) is 30.6 Å². The van der Waals surface area contributed by atoms with Crippen molar-refractivity contribution >= 4 is 34.7 Å². The van der Waals surface area contributed by atoms with Crippen LogP contribution in [0.2, 0.25) is 0 Å². The summed E-state index contributed by atoms with van der Waals surface area (Å²) in [5, 5.41) is 26.0. The van der Waals surface area contributed by atoms with E-state index >= 15 is 0 Å². The number of piperidine rings is 1. The van der Waals surface area contributed by atoms with E-state index in [1.165, 1.54) is 12.7 Å². The molecule has 0 aliphatic carbocycles. The Kier molecular flexibility index (Phi) is 13.0. The minimum Gasteiger partial charge on any atom is -1.00 e. The molecule has 5 heterocycles. The summed E-state index contributed by atoms with van der Waals surface area (Å²) in [5.74, 6) is 0.500. The van der Waals surface area contributed by atoms with Crippen molar-refractivity contribution in [2.45, 2.75) is 68.5 Å². The molecule has 0 saturated carbocycles. The number of fused-ring (bicyclic) bond motifs is 1. The summed E-state index contributed by atoms with van der Waals surface area (Å²) < 4.78 is 12.6. The third-order valence-corrected chi connectivity index (χ3v) is 9.16. The first-order valence-corrected chi connectivity index (χ1v) is 16.3. The van der Waals surface area contributed by atoms with Gasteiger partial charge in [-0.05, 0) is 54.7 Å².